The van der Waals surface area contributed by atoms with Crippen LogP contribution < -0.4 is 20.3 Å². The Kier molecular flexibility index (Phi) is 4.52. The number of nitrogens with zero attached hydrogens (tertiary/aromatic N) is 3. The number of carbonyl (C=O) groups excluding carboxylic acids is 1. The maximum absolute atomic E-state index is 12.3. The fourth-order valence-corrected chi connectivity index (χ4v) is 2.70. The lowest BCUT2D eigenvalue weighted by atomic mass is 10.2. The molecule has 27 heavy (non-hydrogen) atoms. The Morgan fingerprint density at radius 3 is 2.74 bits per heavy atom. The summed E-state index contributed by atoms with van der Waals surface area (Å²) in [6, 6.07) is 11.8. The lowest BCUT2D eigenvalue weighted by Crippen LogP contribution is -2.31. The Labute approximate surface area is 154 Å². The van der Waals surface area contributed by atoms with E-state index in [2.05, 4.69) is 15.4 Å². The summed E-state index contributed by atoms with van der Waals surface area (Å²) >= 11 is 0. The minimum absolute atomic E-state index is 0.156. The lowest BCUT2D eigenvalue weighted by Gasteiger charge is -2.09. The largest absolute Gasteiger partial charge is 0.454 e. The number of nitrogens with one attached hydrogen (secondary N) is 1. The van der Waals surface area contributed by atoms with E-state index in [9.17, 15) is 9.59 Å². The molecule has 3 heterocycles. The van der Waals surface area contributed by atoms with E-state index in [1.54, 1.807) is 36.7 Å². The SMILES string of the molecule is O=C(NCCn1nc(-c2ccncc2)ccc1=O)c1ccc2c(c1)OCO2. The van der Waals surface area contributed by atoms with Gasteiger partial charge in [0.15, 0.2) is 11.5 Å². The summed E-state index contributed by atoms with van der Waals surface area (Å²) in [6.45, 7) is 0.677. The van der Waals surface area contributed by atoms with Crippen molar-refractivity contribution in [3.05, 3.63) is 70.8 Å². The summed E-state index contributed by atoms with van der Waals surface area (Å²) < 4.78 is 11.8. The van der Waals surface area contributed by atoms with E-state index in [-0.39, 0.29) is 31.3 Å². The molecule has 0 unspecified atom stereocenters. The summed E-state index contributed by atoms with van der Waals surface area (Å²) in [4.78, 5) is 28.3. The first-order valence-electron chi connectivity index (χ1n) is 8.37. The van der Waals surface area contributed by atoms with Gasteiger partial charge in [0, 0.05) is 36.1 Å². The average molecular weight is 364 g/mol. The molecule has 136 valence electrons. The molecule has 1 amide bonds. The second-order valence-electron chi connectivity index (χ2n) is 5.84. The summed E-state index contributed by atoms with van der Waals surface area (Å²) in [5.74, 6) is 0.910. The summed E-state index contributed by atoms with van der Waals surface area (Å²) in [6.07, 6.45) is 3.33. The van der Waals surface area contributed by atoms with Crippen LogP contribution in [0.15, 0.2) is 59.7 Å². The highest BCUT2D eigenvalue weighted by atomic mass is 16.7. The van der Waals surface area contributed by atoms with Crippen LogP contribution in [0.1, 0.15) is 10.4 Å². The summed E-state index contributed by atoms with van der Waals surface area (Å²) in [5.41, 5.74) is 1.76. The van der Waals surface area contributed by atoms with E-state index < -0.39 is 0 Å². The summed E-state index contributed by atoms with van der Waals surface area (Å²) in [7, 11) is 0. The van der Waals surface area contributed by atoms with Gasteiger partial charge < -0.3 is 14.8 Å². The fraction of sp³-hybridized carbons (Fsp3) is 0.158. The lowest BCUT2D eigenvalue weighted by molar-refractivity contribution is 0.0951. The van der Waals surface area contributed by atoms with Crippen molar-refractivity contribution >= 4 is 5.91 Å². The van der Waals surface area contributed by atoms with Gasteiger partial charge in [-0.3, -0.25) is 14.6 Å². The molecular formula is C19H16N4O4. The smallest absolute Gasteiger partial charge is 0.266 e. The van der Waals surface area contributed by atoms with Crippen LogP contribution in [0.4, 0.5) is 0 Å². The zero-order valence-electron chi connectivity index (χ0n) is 14.3. The molecule has 0 saturated heterocycles. The van der Waals surface area contributed by atoms with E-state index in [0.717, 1.165) is 5.56 Å². The van der Waals surface area contributed by atoms with Crippen LogP contribution in [0.5, 0.6) is 11.5 Å². The third-order valence-corrected chi connectivity index (χ3v) is 4.09. The van der Waals surface area contributed by atoms with Gasteiger partial charge in [0.2, 0.25) is 6.79 Å². The molecule has 1 aliphatic heterocycles. The van der Waals surface area contributed by atoms with Crippen molar-refractivity contribution in [2.45, 2.75) is 6.54 Å². The van der Waals surface area contributed by atoms with Gasteiger partial charge in [-0.25, -0.2) is 4.68 Å². The molecule has 0 saturated carbocycles. The van der Waals surface area contributed by atoms with Crippen LogP contribution in [-0.4, -0.2) is 34.0 Å². The molecule has 1 aliphatic rings. The number of amides is 1. The van der Waals surface area contributed by atoms with Crippen LogP contribution in [0, 0.1) is 0 Å². The predicted molar refractivity (Wildman–Crippen MR) is 96.6 cm³/mol. The van der Waals surface area contributed by atoms with E-state index in [1.807, 2.05) is 12.1 Å². The molecule has 8 heteroatoms. The van der Waals surface area contributed by atoms with Crippen molar-refractivity contribution in [1.29, 1.82) is 0 Å². The first-order valence-corrected chi connectivity index (χ1v) is 8.37. The Bertz CT molecular complexity index is 1030. The van der Waals surface area contributed by atoms with Crippen molar-refractivity contribution in [1.82, 2.24) is 20.1 Å². The summed E-state index contributed by atoms with van der Waals surface area (Å²) in [5, 5.41) is 7.13. The predicted octanol–water partition coefficient (Wildman–Crippen LogP) is 1.46. The van der Waals surface area contributed by atoms with Gasteiger partial charge >= 0.3 is 0 Å². The first-order chi connectivity index (χ1) is 13.2. The van der Waals surface area contributed by atoms with Gasteiger partial charge in [0.1, 0.15) is 0 Å². The van der Waals surface area contributed by atoms with Crippen LogP contribution in [0.3, 0.4) is 0 Å². The standard InChI is InChI=1S/C19H16N4O4/c24-18-4-2-15(13-5-7-20-8-6-13)22-23(18)10-9-21-19(25)14-1-3-16-17(11-14)27-12-26-16/h1-8,11H,9-10,12H2,(H,21,25). The highest BCUT2D eigenvalue weighted by Gasteiger charge is 2.16. The number of benzene rings is 1. The molecular weight excluding hydrogens is 348 g/mol. The number of fused-ring (bicyclic) bond motifs is 1. The number of hydrogen-bond donors (Lipinski definition) is 1. The second kappa shape index (κ2) is 7.28. The van der Waals surface area contributed by atoms with E-state index in [0.29, 0.717) is 22.8 Å². The molecule has 4 rings (SSSR count). The third kappa shape index (κ3) is 3.64. The van der Waals surface area contributed by atoms with E-state index >= 15 is 0 Å². The van der Waals surface area contributed by atoms with Crippen molar-refractivity contribution in [3.8, 4) is 22.8 Å². The molecule has 1 aromatic carbocycles. The van der Waals surface area contributed by atoms with Crippen LogP contribution >= 0.6 is 0 Å². The quantitative estimate of drug-likeness (QED) is 0.737. The topological polar surface area (TPSA) is 95.3 Å². The monoisotopic (exact) mass is 364 g/mol. The van der Waals surface area contributed by atoms with Gasteiger partial charge in [-0.05, 0) is 36.4 Å². The average Bonchev–Trinajstić information content (AvgIpc) is 3.18. The zero-order valence-corrected chi connectivity index (χ0v) is 14.3. The number of rotatable bonds is 5. The zero-order chi connectivity index (χ0) is 18.6. The molecule has 3 aromatic rings. The Morgan fingerprint density at radius 1 is 1.07 bits per heavy atom. The normalized spacial score (nSPS) is 12.0. The number of ether oxygens (including phenoxy) is 2. The number of carbonyl (C=O) groups is 1. The Balaban J connectivity index is 1.41. The Hall–Kier alpha value is -3.68. The minimum atomic E-state index is -0.258. The molecule has 0 bridgehead atoms. The van der Waals surface area contributed by atoms with Crippen molar-refractivity contribution in [2.24, 2.45) is 0 Å². The maximum atomic E-state index is 12.3. The van der Waals surface area contributed by atoms with Crippen molar-refractivity contribution in [2.75, 3.05) is 13.3 Å². The second-order valence-corrected chi connectivity index (χ2v) is 5.84. The molecule has 8 nitrogen and oxygen atoms in total. The molecule has 0 fully saturated rings. The third-order valence-electron chi connectivity index (χ3n) is 4.09. The van der Waals surface area contributed by atoms with Crippen LogP contribution in [0.25, 0.3) is 11.3 Å². The van der Waals surface area contributed by atoms with Gasteiger partial charge in [-0.15, -0.1) is 0 Å². The molecule has 0 radical (unpaired) electrons. The highest BCUT2D eigenvalue weighted by Crippen LogP contribution is 2.32. The number of pyridine rings is 1. The molecule has 0 spiro atoms. The molecule has 2 aromatic heterocycles. The van der Waals surface area contributed by atoms with Gasteiger partial charge in [-0.2, -0.15) is 5.10 Å². The fourth-order valence-electron chi connectivity index (χ4n) is 2.70. The molecule has 1 N–H and O–H groups in total. The maximum Gasteiger partial charge on any atom is 0.266 e. The van der Waals surface area contributed by atoms with E-state index in [4.69, 9.17) is 9.47 Å². The van der Waals surface area contributed by atoms with Gasteiger partial charge in [0.05, 0.1) is 12.2 Å². The van der Waals surface area contributed by atoms with Crippen molar-refractivity contribution in [3.63, 3.8) is 0 Å². The highest BCUT2D eigenvalue weighted by molar-refractivity contribution is 5.94. The van der Waals surface area contributed by atoms with Crippen LogP contribution in [-0.2, 0) is 6.54 Å². The molecule has 0 atom stereocenters. The van der Waals surface area contributed by atoms with Gasteiger partial charge in [-0.1, -0.05) is 0 Å². The minimum Gasteiger partial charge on any atom is -0.454 e. The number of hydrogen-bond acceptors (Lipinski definition) is 6. The first kappa shape index (κ1) is 16.8. The van der Waals surface area contributed by atoms with Gasteiger partial charge in [0.25, 0.3) is 11.5 Å². The molecule has 0 aliphatic carbocycles. The van der Waals surface area contributed by atoms with Crippen LogP contribution in [0.2, 0.25) is 0 Å². The Morgan fingerprint density at radius 2 is 1.89 bits per heavy atom. The van der Waals surface area contributed by atoms with Crippen molar-refractivity contribution < 1.29 is 14.3 Å². The van der Waals surface area contributed by atoms with E-state index in [1.165, 1.54) is 10.7 Å². The number of aromatic nitrogens is 3.